The molecule has 0 rings (SSSR count). The van der Waals surface area contributed by atoms with Gasteiger partial charge in [-0.2, -0.15) is 0 Å². The van der Waals surface area contributed by atoms with Crippen molar-refractivity contribution in [3.8, 4) is 0 Å². The van der Waals surface area contributed by atoms with Gasteiger partial charge >= 0.3 is 11.9 Å². The summed E-state index contributed by atoms with van der Waals surface area (Å²) in [6.07, 6.45) is -1.12. The summed E-state index contributed by atoms with van der Waals surface area (Å²) in [6, 6.07) is 0. The maximum Gasteiger partial charge on any atom is 0.334 e. The number of carbonyl (C=O) groups is 2. The zero-order valence-electron chi connectivity index (χ0n) is 11.1. The van der Waals surface area contributed by atoms with Crippen molar-refractivity contribution in [2.75, 3.05) is 20.3 Å². The first-order valence-electron chi connectivity index (χ1n) is 5.35. The van der Waals surface area contributed by atoms with Crippen LogP contribution in [0.3, 0.4) is 0 Å². The Kier molecular flexibility index (Phi) is 12.2. The zero-order chi connectivity index (χ0) is 13.8. The van der Waals surface area contributed by atoms with Gasteiger partial charge in [0.1, 0.15) is 12.2 Å². The minimum atomic E-state index is -0.991. The van der Waals surface area contributed by atoms with E-state index in [9.17, 15) is 9.59 Å². The smallest absolute Gasteiger partial charge is 0.334 e. The number of carbonyl (C=O) groups excluding carboxylic acids is 2. The lowest BCUT2D eigenvalue weighted by molar-refractivity contribution is -0.152. The molecule has 2 unspecified atom stereocenters. The van der Waals surface area contributed by atoms with Crippen LogP contribution in [0.2, 0.25) is 0 Å². The van der Waals surface area contributed by atoms with Gasteiger partial charge < -0.3 is 19.3 Å². The Morgan fingerprint density at radius 1 is 1.29 bits per heavy atom. The Balaban J connectivity index is 0. The van der Waals surface area contributed by atoms with Crippen LogP contribution >= 0.6 is 0 Å². The standard InChI is InChI=1S/C6H12O3.C5H10O3/c1-5(4-8-3)9-6(2)7;1-3-8-5(7)4(2)6/h5H,4H2,1-3H3;4,6H,3H2,1-2H3. The first kappa shape index (κ1) is 18.2. The van der Waals surface area contributed by atoms with Crippen molar-refractivity contribution in [1.82, 2.24) is 0 Å². The molecule has 0 aliphatic rings. The van der Waals surface area contributed by atoms with Crippen molar-refractivity contribution >= 4 is 11.9 Å². The molecule has 0 saturated carbocycles. The summed E-state index contributed by atoms with van der Waals surface area (Å²) in [5, 5.41) is 8.48. The van der Waals surface area contributed by atoms with Crippen LogP contribution in [0, 0.1) is 0 Å². The monoisotopic (exact) mass is 250 g/mol. The van der Waals surface area contributed by atoms with E-state index in [4.69, 9.17) is 14.6 Å². The number of aliphatic hydroxyl groups excluding tert-OH is 1. The van der Waals surface area contributed by atoms with Gasteiger partial charge in [0.25, 0.3) is 0 Å². The van der Waals surface area contributed by atoms with E-state index in [0.717, 1.165) is 0 Å². The largest absolute Gasteiger partial charge is 0.464 e. The summed E-state index contributed by atoms with van der Waals surface area (Å²) in [4.78, 5) is 20.5. The van der Waals surface area contributed by atoms with E-state index in [0.29, 0.717) is 13.2 Å². The predicted octanol–water partition coefficient (Wildman–Crippen LogP) is 0.515. The van der Waals surface area contributed by atoms with Gasteiger partial charge in [0, 0.05) is 14.0 Å². The highest BCUT2D eigenvalue weighted by molar-refractivity contribution is 5.73. The highest BCUT2D eigenvalue weighted by Gasteiger charge is 2.07. The number of hydrogen-bond donors (Lipinski definition) is 1. The number of esters is 2. The van der Waals surface area contributed by atoms with E-state index >= 15 is 0 Å². The second kappa shape index (κ2) is 11.3. The summed E-state index contributed by atoms with van der Waals surface area (Å²) in [6.45, 7) is 7.01. The molecule has 2 atom stereocenters. The van der Waals surface area contributed by atoms with Crippen molar-refractivity contribution in [1.29, 1.82) is 0 Å². The van der Waals surface area contributed by atoms with E-state index in [1.807, 2.05) is 0 Å². The third-order valence-corrected chi connectivity index (χ3v) is 1.40. The highest BCUT2D eigenvalue weighted by Crippen LogP contribution is 1.90. The molecule has 0 fully saturated rings. The van der Waals surface area contributed by atoms with Crippen LogP contribution < -0.4 is 0 Å². The number of hydrogen-bond acceptors (Lipinski definition) is 6. The molecular formula is C11H22O6. The molecule has 0 heterocycles. The Bertz CT molecular complexity index is 214. The molecule has 6 nitrogen and oxygen atoms in total. The molecule has 0 aromatic carbocycles. The Morgan fingerprint density at radius 3 is 2.06 bits per heavy atom. The fraction of sp³-hybridized carbons (Fsp3) is 0.818. The van der Waals surface area contributed by atoms with E-state index in [1.165, 1.54) is 13.8 Å². The van der Waals surface area contributed by atoms with Gasteiger partial charge in [-0.1, -0.05) is 0 Å². The summed E-state index contributed by atoms with van der Waals surface area (Å²) in [7, 11) is 1.57. The Labute approximate surface area is 102 Å². The molecular weight excluding hydrogens is 228 g/mol. The number of rotatable bonds is 5. The van der Waals surface area contributed by atoms with Gasteiger partial charge in [-0.25, -0.2) is 4.79 Å². The van der Waals surface area contributed by atoms with Gasteiger partial charge in [-0.3, -0.25) is 4.79 Å². The molecule has 0 aliphatic carbocycles. The SMILES string of the molecule is CCOC(=O)C(C)O.COCC(C)OC(C)=O. The average molecular weight is 250 g/mol. The normalized spacial score (nSPS) is 12.8. The molecule has 0 bridgehead atoms. The fourth-order valence-corrected chi connectivity index (χ4v) is 0.815. The van der Waals surface area contributed by atoms with Crippen molar-refractivity contribution in [2.24, 2.45) is 0 Å². The van der Waals surface area contributed by atoms with Gasteiger partial charge in [-0.15, -0.1) is 0 Å². The van der Waals surface area contributed by atoms with E-state index in [-0.39, 0.29) is 12.1 Å². The maximum atomic E-state index is 10.3. The van der Waals surface area contributed by atoms with Crippen molar-refractivity contribution in [2.45, 2.75) is 39.9 Å². The summed E-state index contributed by atoms with van der Waals surface area (Å²) in [5.74, 6) is -0.827. The number of aliphatic hydroxyl groups is 1. The maximum absolute atomic E-state index is 10.3. The lowest BCUT2D eigenvalue weighted by Crippen LogP contribution is -2.18. The molecule has 0 aromatic heterocycles. The average Bonchev–Trinajstić information content (AvgIpc) is 2.17. The minimum Gasteiger partial charge on any atom is -0.464 e. The predicted molar refractivity (Wildman–Crippen MR) is 61.4 cm³/mol. The van der Waals surface area contributed by atoms with Crippen molar-refractivity contribution < 1.29 is 28.9 Å². The lowest BCUT2D eigenvalue weighted by Gasteiger charge is -2.08. The van der Waals surface area contributed by atoms with Crippen LogP contribution in [0.15, 0.2) is 0 Å². The third kappa shape index (κ3) is 14.9. The topological polar surface area (TPSA) is 82.1 Å². The summed E-state index contributed by atoms with van der Waals surface area (Å²) < 4.78 is 13.9. The zero-order valence-corrected chi connectivity index (χ0v) is 11.1. The van der Waals surface area contributed by atoms with Crippen LogP contribution in [0.5, 0.6) is 0 Å². The van der Waals surface area contributed by atoms with E-state index in [2.05, 4.69) is 4.74 Å². The quantitative estimate of drug-likeness (QED) is 0.716. The van der Waals surface area contributed by atoms with Crippen LogP contribution in [0.25, 0.3) is 0 Å². The van der Waals surface area contributed by atoms with Crippen LogP contribution in [0.4, 0.5) is 0 Å². The molecule has 17 heavy (non-hydrogen) atoms. The number of methoxy groups -OCH3 is 1. The van der Waals surface area contributed by atoms with Gasteiger partial charge in [0.15, 0.2) is 0 Å². The van der Waals surface area contributed by atoms with Crippen LogP contribution in [-0.4, -0.2) is 49.6 Å². The second-order valence-corrected chi connectivity index (χ2v) is 3.30. The molecule has 102 valence electrons. The molecule has 0 aromatic rings. The summed E-state index contributed by atoms with van der Waals surface area (Å²) >= 11 is 0. The first-order chi connectivity index (χ1) is 7.84. The molecule has 0 amide bonds. The van der Waals surface area contributed by atoms with Crippen molar-refractivity contribution in [3.63, 3.8) is 0 Å². The lowest BCUT2D eigenvalue weighted by atomic mass is 10.4. The Hall–Kier alpha value is -1.14. The molecule has 0 radical (unpaired) electrons. The highest BCUT2D eigenvalue weighted by atomic mass is 16.6. The second-order valence-electron chi connectivity index (χ2n) is 3.30. The minimum absolute atomic E-state index is 0.132. The van der Waals surface area contributed by atoms with Gasteiger partial charge in [-0.05, 0) is 20.8 Å². The van der Waals surface area contributed by atoms with Gasteiger partial charge in [0.2, 0.25) is 0 Å². The van der Waals surface area contributed by atoms with Crippen molar-refractivity contribution in [3.05, 3.63) is 0 Å². The van der Waals surface area contributed by atoms with Crippen LogP contribution in [0.1, 0.15) is 27.7 Å². The van der Waals surface area contributed by atoms with Gasteiger partial charge in [0.05, 0.1) is 13.2 Å². The van der Waals surface area contributed by atoms with Crippen LogP contribution in [-0.2, 0) is 23.8 Å². The molecule has 0 saturated heterocycles. The molecule has 0 spiro atoms. The number of ether oxygens (including phenoxy) is 3. The fourth-order valence-electron chi connectivity index (χ4n) is 0.815. The van der Waals surface area contributed by atoms with E-state index in [1.54, 1.807) is 21.0 Å². The third-order valence-electron chi connectivity index (χ3n) is 1.40. The Morgan fingerprint density at radius 2 is 1.82 bits per heavy atom. The summed E-state index contributed by atoms with van der Waals surface area (Å²) in [5.41, 5.74) is 0. The first-order valence-corrected chi connectivity index (χ1v) is 5.35. The molecule has 6 heteroatoms. The molecule has 0 aliphatic heterocycles. The van der Waals surface area contributed by atoms with E-state index < -0.39 is 12.1 Å². The molecule has 1 N–H and O–H groups in total.